The first-order valence-corrected chi connectivity index (χ1v) is 6.90. The summed E-state index contributed by atoms with van der Waals surface area (Å²) in [7, 11) is 0. The average molecular weight is 261 g/mol. The fraction of sp³-hybridized carbons (Fsp3) is 0.357. The summed E-state index contributed by atoms with van der Waals surface area (Å²) in [5.41, 5.74) is 1.24. The Kier molecular flexibility index (Phi) is 3.06. The molecule has 2 unspecified atom stereocenters. The van der Waals surface area contributed by atoms with Crippen molar-refractivity contribution in [2.45, 2.75) is 25.4 Å². The fourth-order valence-corrected chi connectivity index (χ4v) is 3.11. The van der Waals surface area contributed by atoms with Crippen LogP contribution in [0.4, 0.5) is 0 Å². The molecule has 18 heavy (non-hydrogen) atoms. The van der Waals surface area contributed by atoms with E-state index in [1.54, 1.807) is 24.5 Å². The number of aliphatic hydroxyl groups is 1. The third-order valence-corrected chi connectivity index (χ3v) is 4.51. The lowest BCUT2D eigenvalue weighted by atomic mass is 9.97. The van der Waals surface area contributed by atoms with Crippen molar-refractivity contribution < 1.29 is 9.84 Å². The Morgan fingerprint density at radius 3 is 3.06 bits per heavy atom. The minimum Gasteiger partial charge on any atom is -0.493 e. The molecule has 1 aromatic heterocycles. The van der Waals surface area contributed by atoms with Crippen LogP contribution < -0.4 is 4.74 Å². The van der Waals surface area contributed by atoms with Crippen LogP contribution in [0.5, 0.6) is 5.75 Å². The van der Waals surface area contributed by atoms with E-state index in [1.807, 2.05) is 18.2 Å². The highest BCUT2D eigenvalue weighted by atomic mass is 32.1. The second-order valence-corrected chi connectivity index (χ2v) is 5.69. The van der Waals surface area contributed by atoms with Gasteiger partial charge < -0.3 is 9.84 Å². The Balaban J connectivity index is 1.83. The number of nitrogens with zero attached hydrogens (tertiary/aromatic N) is 1. The number of hydrogen-bond acceptors (Lipinski definition) is 4. The summed E-state index contributed by atoms with van der Waals surface area (Å²) in [4.78, 5) is 5.33. The second-order valence-electron chi connectivity index (χ2n) is 4.60. The van der Waals surface area contributed by atoms with Crippen LogP contribution in [-0.2, 0) is 6.42 Å². The van der Waals surface area contributed by atoms with Crippen molar-refractivity contribution in [3.05, 3.63) is 45.9 Å². The van der Waals surface area contributed by atoms with E-state index in [4.69, 9.17) is 4.74 Å². The lowest BCUT2D eigenvalue weighted by Gasteiger charge is -2.23. The van der Waals surface area contributed by atoms with Crippen molar-refractivity contribution in [3.63, 3.8) is 0 Å². The predicted octanol–water partition coefficient (Wildman–Crippen LogP) is 2.92. The Hall–Kier alpha value is -1.39. The molecule has 0 saturated heterocycles. The van der Waals surface area contributed by atoms with Gasteiger partial charge in [-0.3, -0.25) is 0 Å². The predicted molar refractivity (Wildman–Crippen MR) is 71.1 cm³/mol. The Morgan fingerprint density at radius 1 is 1.44 bits per heavy atom. The molecular weight excluding hydrogens is 246 g/mol. The molecule has 0 spiro atoms. The molecule has 94 valence electrons. The molecule has 2 heterocycles. The number of hydrogen-bond donors (Lipinski definition) is 1. The van der Waals surface area contributed by atoms with Crippen molar-refractivity contribution >= 4 is 11.3 Å². The maximum Gasteiger partial charge on any atom is 0.122 e. The van der Waals surface area contributed by atoms with Gasteiger partial charge in [0.2, 0.25) is 0 Å². The SMILES string of the molecule is CC(O)c1cnc(C2COc3ccccc3C2)s1. The first-order chi connectivity index (χ1) is 8.74. The van der Waals surface area contributed by atoms with Crippen LogP contribution in [0.2, 0.25) is 0 Å². The first-order valence-electron chi connectivity index (χ1n) is 6.08. The van der Waals surface area contributed by atoms with Crippen LogP contribution >= 0.6 is 11.3 Å². The molecule has 4 heteroatoms. The molecule has 2 aromatic rings. The molecule has 1 N–H and O–H groups in total. The van der Waals surface area contributed by atoms with Crippen molar-refractivity contribution in [3.8, 4) is 5.75 Å². The van der Waals surface area contributed by atoms with Crippen LogP contribution in [0.25, 0.3) is 0 Å². The number of aromatic nitrogens is 1. The van der Waals surface area contributed by atoms with Gasteiger partial charge >= 0.3 is 0 Å². The van der Waals surface area contributed by atoms with E-state index in [0.717, 1.165) is 22.1 Å². The van der Waals surface area contributed by atoms with Gasteiger partial charge in [0.1, 0.15) is 5.75 Å². The first kappa shape index (κ1) is 11.7. The van der Waals surface area contributed by atoms with E-state index in [9.17, 15) is 5.11 Å². The van der Waals surface area contributed by atoms with E-state index in [-0.39, 0.29) is 0 Å². The van der Waals surface area contributed by atoms with Gasteiger partial charge in [-0.25, -0.2) is 4.98 Å². The van der Waals surface area contributed by atoms with Gasteiger partial charge in [-0.1, -0.05) is 18.2 Å². The Bertz CT molecular complexity index is 550. The maximum absolute atomic E-state index is 9.53. The van der Waals surface area contributed by atoms with Gasteiger partial charge in [-0.2, -0.15) is 0 Å². The van der Waals surface area contributed by atoms with Crippen molar-refractivity contribution in [2.75, 3.05) is 6.61 Å². The molecular formula is C14H15NO2S. The average Bonchev–Trinajstić information content (AvgIpc) is 2.88. The highest BCUT2D eigenvalue weighted by Crippen LogP contribution is 2.34. The summed E-state index contributed by atoms with van der Waals surface area (Å²) >= 11 is 1.58. The van der Waals surface area contributed by atoms with Crippen molar-refractivity contribution in [1.29, 1.82) is 0 Å². The molecule has 2 atom stereocenters. The molecule has 0 saturated carbocycles. The zero-order chi connectivity index (χ0) is 12.5. The lowest BCUT2D eigenvalue weighted by Crippen LogP contribution is -2.18. The van der Waals surface area contributed by atoms with Crippen molar-refractivity contribution in [1.82, 2.24) is 4.98 Å². The van der Waals surface area contributed by atoms with E-state index >= 15 is 0 Å². The van der Waals surface area contributed by atoms with Gasteiger partial charge in [-0.05, 0) is 25.0 Å². The summed E-state index contributed by atoms with van der Waals surface area (Å²) in [6, 6.07) is 8.14. The Morgan fingerprint density at radius 2 is 2.28 bits per heavy atom. The molecule has 0 amide bonds. The topological polar surface area (TPSA) is 42.4 Å². The van der Waals surface area contributed by atoms with E-state index in [1.165, 1.54) is 5.56 Å². The summed E-state index contributed by atoms with van der Waals surface area (Å²) in [5.74, 6) is 1.29. The molecule has 1 aliphatic rings. The monoisotopic (exact) mass is 261 g/mol. The number of ether oxygens (including phenoxy) is 1. The summed E-state index contributed by atoms with van der Waals surface area (Å²) in [5, 5.41) is 10.6. The number of thiazole rings is 1. The minimum absolute atomic E-state index is 0.303. The molecule has 1 aromatic carbocycles. The quantitative estimate of drug-likeness (QED) is 0.903. The molecule has 1 aliphatic heterocycles. The van der Waals surface area contributed by atoms with Gasteiger partial charge in [0, 0.05) is 12.1 Å². The second kappa shape index (κ2) is 4.71. The van der Waals surface area contributed by atoms with Gasteiger partial charge in [-0.15, -0.1) is 11.3 Å². The van der Waals surface area contributed by atoms with E-state index < -0.39 is 6.10 Å². The van der Waals surface area contributed by atoms with Crippen LogP contribution in [-0.4, -0.2) is 16.7 Å². The number of fused-ring (bicyclic) bond motifs is 1. The van der Waals surface area contributed by atoms with E-state index in [0.29, 0.717) is 12.5 Å². The van der Waals surface area contributed by atoms with Gasteiger partial charge in [0.05, 0.1) is 22.6 Å². The minimum atomic E-state index is -0.437. The van der Waals surface area contributed by atoms with Gasteiger partial charge in [0.25, 0.3) is 0 Å². The standard InChI is InChI=1S/C14H15NO2S/c1-9(16)13-7-15-14(18-13)11-6-10-4-2-3-5-12(10)17-8-11/h2-5,7,9,11,16H,6,8H2,1H3. The zero-order valence-corrected chi connectivity index (χ0v) is 11.0. The summed E-state index contributed by atoms with van der Waals surface area (Å²) in [6.45, 7) is 2.44. The Labute approximate surface area is 110 Å². The molecule has 3 rings (SSSR count). The third-order valence-electron chi connectivity index (χ3n) is 3.18. The fourth-order valence-electron chi connectivity index (χ4n) is 2.17. The van der Waals surface area contributed by atoms with Gasteiger partial charge in [0.15, 0.2) is 0 Å². The number of benzene rings is 1. The highest BCUT2D eigenvalue weighted by molar-refractivity contribution is 7.11. The molecule has 0 bridgehead atoms. The molecule has 0 radical (unpaired) electrons. The molecule has 0 fully saturated rings. The molecule has 3 nitrogen and oxygen atoms in total. The molecule has 0 aliphatic carbocycles. The van der Waals surface area contributed by atoms with Crippen LogP contribution in [0.15, 0.2) is 30.5 Å². The normalized spacial score (nSPS) is 20.0. The zero-order valence-electron chi connectivity index (χ0n) is 10.2. The largest absolute Gasteiger partial charge is 0.493 e. The van der Waals surface area contributed by atoms with Crippen LogP contribution in [0.1, 0.15) is 34.4 Å². The number of para-hydroxylation sites is 1. The summed E-state index contributed by atoms with van der Waals surface area (Å²) in [6.07, 6.45) is 2.29. The van der Waals surface area contributed by atoms with Crippen LogP contribution in [0.3, 0.4) is 0 Å². The highest BCUT2D eigenvalue weighted by Gasteiger charge is 2.24. The smallest absolute Gasteiger partial charge is 0.122 e. The number of aliphatic hydroxyl groups excluding tert-OH is 1. The maximum atomic E-state index is 9.53. The van der Waals surface area contributed by atoms with E-state index in [2.05, 4.69) is 11.1 Å². The van der Waals surface area contributed by atoms with Crippen LogP contribution in [0, 0.1) is 0 Å². The number of rotatable bonds is 2. The lowest BCUT2D eigenvalue weighted by molar-refractivity contribution is 0.203. The summed E-state index contributed by atoms with van der Waals surface area (Å²) < 4.78 is 5.76. The third kappa shape index (κ3) is 2.13. The van der Waals surface area contributed by atoms with Crippen molar-refractivity contribution in [2.24, 2.45) is 0 Å².